The monoisotopic (exact) mass is 319 g/mol. The summed E-state index contributed by atoms with van der Waals surface area (Å²) in [4.78, 5) is 14.4. The molecule has 3 heteroatoms. The molecule has 1 saturated heterocycles. The van der Waals surface area contributed by atoms with E-state index >= 15 is 0 Å². The van der Waals surface area contributed by atoms with E-state index in [1.807, 2.05) is 48.2 Å². The van der Waals surface area contributed by atoms with Gasteiger partial charge in [0.15, 0.2) is 0 Å². The number of allylic oxidation sites excluding steroid dienone is 1. The lowest BCUT2D eigenvalue weighted by atomic mass is 9.97. The lowest BCUT2D eigenvalue weighted by Crippen LogP contribution is -2.32. The van der Waals surface area contributed by atoms with E-state index in [9.17, 15) is 4.79 Å². The maximum atomic E-state index is 12.5. The molecule has 0 radical (unpaired) electrons. The van der Waals surface area contributed by atoms with Gasteiger partial charge >= 0.3 is 0 Å². The molecule has 2 atom stereocenters. The molecule has 1 aliphatic heterocycles. The van der Waals surface area contributed by atoms with Crippen LogP contribution in [0.15, 0.2) is 53.0 Å². The number of likely N-dealkylation sites (tertiary alicyclic amines) is 1. The van der Waals surface area contributed by atoms with Crippen molar-refractivity contribution in [3.05, 3.63) is 58.6 Å². The highest BCUT2D eigenvalue weighted by molar-refractivity contribution is 9.11. The average molecular weight is 320 g/mol. The second-order valence-corrected chi connectivity index (χ2v) is 6.06. The highest BCUT2D eigenvalue weighted by Crippen LogP contribution is 2.35. The predicted molar refractivity (Wildman–Crippen MR) is 81.8 cm³/mol. The maximum absolute atomic E-state index is 12.5. The average Bonchev–Trinajstić information content (AvgIpc) is 2.64. The zero-order chi connectivity index (χ0) is 14.0. The summed E-state index contributed by atoms with van der Waals surface area (Å²) in [5.74, 6) is 0.200. The third-order valence-electron chi connectivity index (χ3n) is 3.66. The van der Waals surface area contributed by atoms with Crippen LogP contribution in [0.5, 0.6) is 0 Å². The normalized spacial score (nSPS) is 25.6. The standard InChI is InChI=1S/C16H18BrNO/c1-4-14-12(3)18(16(19)15(14)11(2)17)10-13-8-6-5-7-9-13/h4-9,12,14H,1,10H2,2-3H3/b15-11-/t12-,14+/m1/s1. The number of amides is 1. The second-order valence-electron chi connectivity index (χ2n) is 4.87. The Kier molecular flexibility index (Phi) is 4.25. The van der Waals surface area contributed by atoms with Crippen LogP contribution in [0.2, 0.25) is 0 Å². The topological polar surface area (TPSA) is 20.3 Å². The Balaban J connectivity index is 2.30. The summed E-state index contributed by atoms with van der Waals surface area (Å²) in [5, 5.41) is 0. The number of rotatable bonds is 3. The zero-order valence-electron chi connectivity index (χ0n) is 11.3. The van der Waals surface area contributed by atoms with Gasteiger partial charge in [-0.2, -0.15) is 0 Å². The first-order chi connectivity index (χ1) is 9.06. The smallest absolute Gasteiger partial charge is 0.251 e. The minimum absolute atomic E-state index is 0.0931. The van der Waals surface area contributed by atoms with E-state index in [1.54, 1.807) is 0 Å². The molecule has 0 bridgehead atoms. The first-order valence-electron chi connectivity index (χ1n) is 6.40. The van der Waals surface area contributed by atoms with Crippen molar-refractivity contribution in [2.45, 2.75) is 26.4 Å². The van der Waals surface area contributed by atoms with Crippen LogP contribution in [-0.4, -0.2) is 16.8 Å². The van der Waals surface area contributed by atoms with Gasteiger partial charge in [0, 0.05) is 28.6 Å². The lowest BCUT2D eigenvalue weighted by molar-refractivity contribution is -0.126. The number of carbonyl (C=O) groups excluding carboxylic acids is 1. The Bertz CT molecular complexity index is 517. The maximum Gasteiger partial charge on any atom is 0.251 e. The molecule has 0 aromatic heterocycles. The van der Waals surface area contributed by atoms with Crippen molar-refractivity contribution in [1.29, 1.82) is 0 Å². The number of benzene rings is 1. The third kappa shape index (κ3) is 2.66. The van der Waals surface area contributed by atoms with Crippen molar-refractivity contribution >= 4 is 21.8 Å². The Morgan fingerprint density at radius 1 is 1.42 bits per heavy atom. The van der Waals surface area contributed by atoms with Gasteiger partial charge < -0.3 is 4.90 Å². The molecule has 0 N–H and O–H groups in total. The zero-order valence-corrected chi connectivity index (χ0v) is 12.9. The Labute approximate surface area is 122 Å². The third-order valence-corrected chi connectivity index (χ3v) is 4.08. The molecule has 0 spiro atoms. The first-order valence-corrected chi connectivity index (χ1v) is 7.19. The van der Waals surface area contributed by atoms with E-state index < -0.39 is 0 Å². The molecule has 2 nitrogen and oxygen atoms in total. The van der Waals surface area contributed by atoms with Gasteiger partial charge in [-0.3, -0.25) is 4.79 Å². The SMILES string of the molecule is C=C[C@@H]1/C(=C(\C)Br)C(=O)N(Cc2ccccc2)[C@@H]1C. The molecule has 19 heavy (non-hydrogen) atoms. The van der Waals surface area contributed by atoms with Gasteiger partial charge in [0.2, 0.25) is 0 Å². The van der Waals surface area contributed by atoms with Gasteiger partial charge in [-0.25, -0.2) is 0 Å². The predicted octanol–water partition coefficient (Wildman–Crippen LogP) is 3.89. The fourth-order valence-corrected chi connectivity index (χ4v) is 3.04. The van der Waals surface area contributed by atoms with Gasteiger partial charge in [0.05, 0.1) is 0 Å². The molecular formula is C16H18BrNO. The summed E-state index contributed by atoms with van der Waals surface area (Å²) >= 11 is 3.45. The number of carbonyl (C=O) groups is 1. The molecule has 0 aliphatic carbocycles. The van der Waals surface area contributed by atoms with Gasteiger partial charge in [0.25, 0.3) is 5.91 Å². The number of halogens is 1. The molecule has 1 aromatic carbocycles. The van der Waals surface area contributed by atoms with Crippen LogP contribution in [0.1, 0.15) is 19.4 Å². The van der Waals surface area contributed by atoms with Crippen LogP contribution < -0.4 is 0 Å². The van der Waals surface area contributed by atoms with E-state index in [2.05, 4.69) is 29.4 Å². The Morgan fingerprint density at radius 2 is 2.05 bits per heavy atom. The van der Waals surface area contributed by atoms with Crippen LogP contribution >= 0.6 is 15.9 Å². The van der Waals surface area contributed by atoms with Gasteiger partial charge in [-0.15, -0.1) is 6.58 Å². The van der Waals surface area contributed by atoms with Gasteiger partial charge in [-0.1, -0.05) is 52.3 Å². The molecule has 1 aliphatic rings. The van der Waals surface area contributed by atoms with Crippen molar-refractivity contribution < 1.29 is 4.79 Å². The Hall–Kier alpha value is -1.35. The molecule has 1 heterocycles. The van der Waals surface area contributed by atoms with Gasteiger partial charge in [0.1, 0.15) is 0 Å². The summed E-state index contributed by atoms with van der Waals surface area (Å²) in [6.45, 7) is 8.51. The molecular weight excluding hydrogens is 302 g/mol. The van der Waals surface area contributed by atoms with Crippen molar-refractivity contribution in [2.24, 2.45) is 5.92 Å². The van der Waals surface area contributed by atoms with Crippen molar-refractivity contribution in [3.63, 3.8) is 0 Å². The molecule has 0 saturated carbocycles. The number of hydrogen-bond donors (Lipinski definition) is 0. The molecule has 1 fully saturated rings. The van der Waals surface area contributed by atoms with Crippen LogP contribution in [-0.2, 0) is 11.3 Å². The second kappa shape index (κ2) is 5.74. The molecule has 1 aromatic rings. The van der Waals surface area contributed by atoms with Crippen molar-refractivity contribution in [3.8, 4) is 0 Å². The summed E-state index contributed by atoms with van der Waals surface area (Å²) in [5.41, 5.74) is 1.98. The van der Waals surface area contributed by atoms with Crippen molar-refractivity contribution in [2.75, 3.05) is 0 Å². The summed E-state index contributed by atoms with van der Waals surface area (Å²) < 4.78 is 0.907. The summed E-state index contributed by atoms with van der Waals surface area (Å²) in [6, 6.07) is 10.2. The highest BCUT2D eigenvalue weighted by Gasteiger charge is 2.40. The lowest BCUT2D eigenvalue weighted by Gasteiger charge is -2.23. The highest BCUT2D eigenvalue weighted by atomic mass is 79.9. The minimum atomic E-state index is 0.0931. The summed E-state index contributed by atoms with van der Waals surface area (Å²) in [7, 11) is 0. The van der Waals surface area contributed by atoms with Crippen LogP contribution in [0, 0.1) is 5.92 Å². The van der Waals surface area contributed by atoms with E-state index in [1.165, 1.54) is 0 Å². The van der Waals surface area contributed by atoms with Crippen molar-refractivity contribution in [1.82, 2.24) is 4.90 Å². The fourth-order valence-electron chi connectivity index (χ4n) is 2.61. The van der Waals surface area contributed by atoms with Crippen LogP contribution in [0.25, 0.3) is 0 Å². The molecule has 100 valence electrons. The van der Waals surface area contributed by atoms with Crippen LogP contribution in [0.4, 0.5) is 0 Å². The fraction of sp³-hybridized carbons (Fsp3) is 0.312. The molecule has 0 unspecified atom stereocenters. The quantitative estimate of drug-likeness (QED) is 0.611. The van der Waals surface area contributed by atoms with E-state index in [4.69, 9.17) is 0 Å². The van der Waals surface area contributed by atoms with E-state index in [0.29, 0.717) is 6.54 Å². The summed E-state index contributed by atoms with van der Waals surface area (Å²) in [6.07, 6.45) is 1.87. The van der Waals surface area contributed by atoms with E-state index in [0.717, 1.165) is 15.6 Å². The first kappa shape index (κ1) is 14.1. The van der Waals surface area contributed by atoms with Gasteiger partial charge in [-0.05, 0) is 19.4 Å². The minimum Gasteiger partial charge on any atom is -0.331 e. The molecule has 1 amide bonds. The largest absolute Gasteiger partial charge is 0.331 e. The number of nitrogens with zero attached hydrogens (tertiary/aromatic N) is 1. The number of hydrogen-bond acceptors (Lipinski definition) is 1. The van der Waals surface area contributed by atoms with Crippen LogP contribution in [0.3, 0.4) is 0 Å². The molecule has 2 rings (SSSR count). The Morgan fingerprint density at radius 3 is 2.53 bits per heavy atom. The van der Waals surface area contributed by atoms with E-state index in [-0.39, 0.29) is 17.9 Å².